The number of hydrogen-bond donors (Lipinski definition) is 6. The molecule has 0 radical (unpaired) electrons. The Kier molecular flexibility index (Phi) is 9.41. The summed E-state index contributed by atoms with van der Waals surface area (Å²) < 4.78 is 23.6. The van der Waals surface area contributed by atoms with Crippen LogP contribution in [0, 0.1) is 5.41 Å². The van der Waals surface area contributed by atoms with Gasteiger partial charge in [0.1, 0.15) is 0 Å². The molecule has 7 N–H and O–H groups in total. The molecular formula is C16H31N4O6P. The molecule has 1 aliphatic rings. The molecule has 0 bridgehead atoms. The van der Waals surface area contributed by atoms with Crippen molar-refractivity contribution in [3.05, 3.63) is 11.4 Å². The third-order valence-electron chi connectivity index (χ3n) is 4.26. The van der Waals surface area contributed by atoms with Gasteiger partial charge in [-0.25, -0.2) is 0 Å². The van der Waals surface area contributed by atoms with Crippen LogP contribution in [0.4, 0.5) is 0 Å². The van der Waals surface area contributed by atoms with Crippen molar-refractivity contribution in [3.63, 3.8) is 0 Å². The van der Waals surface area contributed by atoms with Crippen molar-refractivity contribution < 1.29 is 28.6 Å². The number of ether oxygens (including phenoxy) is 1. The molecule has 0 saturated heterocycles. The Labute approximate surface area is 159 Å². The van der Waals surface area contributed by atoms with Gasteiger partial charge in [0, 0.05) is 18.7 Å². The zero-order chi connectivity index (χ0) is 20.6. The quantitative estimate of drug-likeness (QED) is 0.172. The highest BCUT2D eigenvalue weighted by Crippen LogP contribution is 2.54. The molecule has 1 rings (SSSR count). The molecule has 156 valence electrons. The third-order valence-corrected chi connectivity index (χ3v) is 5.85. The fourth-order valence-corrected chi connectivity index (χ4v) is 4.24. The van der Waals surface area contributed by atoms with Crippen LogP contribution in [0.1, 0.15) is 40.0 Å². The van der Waals surface area contributed by atoms with Gasteiger partial charge in [-0.3, -0.25) is 14.8 Å². The topological polar surface area (TPSA) is 167 Å². The monoisotopic (exact) mass is 406 g/mol. The van der Waals surface area contributed by atoms with Crippen molar-refractivity contribution >= 4 is 19.5 Å². The summed E-state index contributed by atoms with van der Waals surface area (Å²) in [6.45, 7) is 4.60. The maximum absolute atomic E-state index is 12.6. The summed E-state index contributed by atoms with van der Waals surface area (Å²) >= 11 is 0. The Bertz CT molecular complexity index is 595. The minimum absolute atomic E-state index is 0.0203. The van der Waals surface area contributed by atoms with E-state index in [9.17, 15) is 14.3 Å². The van der Waals surface area contributed by atoms with Crippen molar-refractivity contribution in [2.24, 2.45) is 5.73 Å². The first-order valence-corrected chi connectivity index (χ1v) is 10.5. The number of hydrogen-bond acceptors (Lipinski definition) is 6. The number of aliphatic hydroxyl groups is 1. The summed E-state index contributed by atoms with van der Waals surface area (Å²) in [5, 5.41) is 22.0. The zero-order valence-corrected chi connectivity index (χ0v) is 16.9. The highest BCUT2D eigenvalue weighted by molar-refractivity contribution is 7.57. The van der Waals surface area contributed by atoms with Gasteiger partial charge in [-0.05, 0) is 18.9 Å². The van der Waals surface area contributed by atoms with Gasteiger partial charge in [-0.1, -0.05) is 13.8 Å². The van der Waals surface area contributed by atoms with Crippen LogP contribution in [0.3, 0.4) is 0 Å². The van der Waals surface area contributed by atoms with Crippen LogP contribution in [0.25, 0.3) is 0 Å². The lowest BCUT2D eigenvalue weighted by Gasteiger charge is -2.39. The number of rotatable bonds is 10. The van der Waals surface area contributed by atoms with Crippen molar-refractivity contribution in [3.8, 4) is 0 Å². The first-order valence-electron chi connectivity index (χ1n) is 8.97. The molecule has 11 heteroatoms. The lowest BCUT2D eigenvalue weighted by molar-refractivity contribution is -0.121. The van der Waals surface area contributed by atoms with E-state index in [4.69, 9.17) is 25.5 Å². The zero-order valence-electron chi connectivity index (χ0n) is 16.0. The molecule has 0 saturated carbocycles. The Hall–Kier alpha value is -1.45. The van der Waals surface area contributed by atoms with Crippen LogP contribution in [0.5, 0.6) is 0 Å². The summed E-state index contributed by atoms with van der Waals surface area (Å²) in [5.41, 5.74) is 5.45. The second kappa shape index (κ2) is 10.8. The highest BCUT2D eigenvalue weighted by atomic mass is 31.2. The van der Waals surface area contributed by atoms with E-state index < -0.39 is 32.4 Å². The smallest absolute Gasteiger partial charge is 0.354 e. The van der Waals surface area contributed by atoms with Crippen molar-refractivity contribution in [2.45, 2.75) is 64.3 Å². The van der Waals surface area contributed by atoms with Crippen molar-refractivity contribution in [1.82, 2.24) is 10.6 Å². The first-order chi connectivity index (χ1) is 12.6. The second-order valence-corrected chi connectivity index (χ2v) is 8.24. The lowest BCUT2D eigenvalue weighted by Crippen LogP contribution is -2.60. The van der Waals surface area contributed by atoms with E-state index in [2.05, 4.69) is 10.6 Å². The van der Waals surface area contributed by atoms with Crippen LogP contribution >= 0.6 is 7.60 Å². The van der Waals surface area contributed by atoms with E-state index in [1.54, 1.807) is 0 Å². The second-order valence-electron chi connectivity index (χ2n) is 6.37. The predicted octanol–water partition coefficient (Wildman–Crippen LogP) is 0.398. The standard InChI is InChI=1S/C16H31N4O6P/c1-4-11(5-2)26-14-9-12(27(23,24)25-7-6-21)8-13(20-16(17)18)15(14)19-10(3)22/h9,11,13-15,21H,4-8H2,1-3H3,(H,19,22)(H,23,24)(H4,17,18,20)/t13-,14+,15+/m0/s1. The van der Waals surface area contributed by atoms with Gasteiger partial charge in [0.25, 0.3) is 0 Å². The molecular weight excluding hydrogens is 375 g/mol. The summed E-state index contributed by atoms with van der Waals surface area (Å²) in [7, 11) is -4.17. The molecule has 0 heterocycles. The Balaban J connectivity index is 3.26. The van der Waals surface area contributed by atoms with E-state index in [1.165, 1.54) is 13.0 Å². The normalized spacial score (nSPS) is 24.8. The Morgan fingerprint density at radius 1 is 1.44 bits per heavy atom. The van der Waals surface area contributed by atoms with Crippen LogP contribution < -0.4 is 16.4 Å². The number of aliphatic hydroxyl groups excluding tert-OH is 1. The van der Waals surface area contributed by atoms with Gasteiger partial charge in [0.05, 0.1) is 37.5 Å². The summed E-state index contributed by atoms with van der Waals surface area (Å²) in [6.07, 6.45) is 2.15. The molecule has 1 unspecified atom stereocenters. The number of nitrogens with one attached hydrogen (secondary N) is 3. The Morgan fingerprint density at radius 3 is 2.56 bits per heavy atom. The third kappa shape index (κ3) is 7.23. The maximum Gasteiger partial charge on any atom is 0.354 e. The first kappa shape index (κ1) is 23.6. The minimum Gasteiger partial charge on any atom is -0.394 e. The largest absolute Gasteiger partial charge is 0.394 e. The van der Waals surface area contributed by atoms with Gasteiger partial charge >= 0.3 is 7.60 Å². The molecule has 27 heavy (non-hydrogen) atoms. The van der Waals surface area contributed by atoms with E-state index in [0.29, 0.717) is 0 Å². The van der Waals surface area contributed by atoms with Gasteiger partial charge in [0.2, 0.25) is 5.91 Å². The fraction of sp³-hybridized carbons (Fsp3) is 0.750. The fourth-order valence-electron chi connectivity index (χ4n) is 2.98. The van der Waals surface area contributed by atoms with Crippen molar-refractivity contribution in [1.29, 1.82) is 5.41 Å². The lowest BCUT2D eigenvalue weighted by atomic mass is 9.92. The van der Waals surface area contributed by atoms with E-state index in [1.807, 2.05) is 13.8 Å². The van der Waals surface area contributed by atoms with Crippen LogP contribution in [0.2, 0.25) is 0 Å². The van der Waals surface area contributed by atoms with Crippen LogP contribution in [-0.2, 0) is 18.6 Å². The van der Waals surface area contributed by atoms with Crippen LogP contribution in [-0.4, -0.2) is 59.4 Å². The number of guanidine groups is 1. The Morgan fingerprint density at radius 2 is 2.07 bits per heavy atom. The van der Waals surface area contributed by atoms with E-state index in [-0.39, 0.29) is 36.3 Å². The maximum atomic E-state index is 12.6. The molecule has 1 amide bonds. The summed E-state index contributed by atoms with van der Waals surface area (Å²) in [4.78, 5) is 21.9. The molecule has 0 aliphatic heterocycles. The molecule has 0 aromatic rings. The number of nitrogens with two attached hydrogens (primary N) is 1. The SMILES string of the molecule is CCC(CC)O[C@@H]1C=C(P(=O)(O)OCCO)C[C@H](NC(=N)N)[C@H]1NC(C)=O. The average molecular weight is 406 g/mol. The molecule has 0 aromatic heterocycles. The highest BCUT2D eigenvalue weighted by Gasteiger charge is 2.41. The van der Waals surface area contributed by atoms with E-state index >= 15 is 0 Å². The summed E-state index contributed by atoms with van der Waals surface area (Å²) in [5.74, 6) is -0.629. The van der Waals surface area contributed by atoms with Crippen LogP contribution in [0.15, 0.2) is 11.4 Å². The van der Waals surface area contributed by atoms with Gasteiger partial charge < -0.3 is 35.6 Å². The number of amides is 1. The van der Waals surface area contributed by atoms with Gasteiger partial charge in [-0.2, -0.15) is 0 Å². The average Bonchev–Trinajstić information content (AvgIpc) is 2.59. The molecule has 10 nitrogen and oxygen atoms in total. The van der Waals surface area contributed by atoms with Gasteiger partial charge in [-0.15, -0.1) is 0 Å². The predicted molar refractivity (Wildman–Crippen MR) is 101 cm³/mol. The summed E-state index contributed by atoms with van der Waals surface area (Å²) in [6, 6.07) is -1.22. The van der Waals surface area contributed by atoms with E-state index in [0.717, 1.165) is 12.8 Å². The molecule has 0 fully saturated rings. The minimum atomic E-state index is -4.17. The molecule has 0 aromatic carbocycles. The molecule has 0 spiro atoms. The van der Waals surface area contributed by atoms with Gasteiger partial charge in [0.15, 0.2) is 5.96 Å². The van der Waals surface area contributed by atoms with Crippen molar-refractivity contribution in [2.75, 3.05) is 13.2 Å². The number of carbonyl (C=O) groups is 1. The molecule has 4 atom stereocenters. The molecule has 1 aliphatic carbocycles. The number of carbonyl (C=O) groups excluding carboxylic acids is 1.